The molecule has 4 nitrogen and oxygen atoms in total. The van der Waals surface area contributed by atoms with E-state index in [-0.39, 0.29) is 11.1 Å². The topological polar surface area (TPSA) is 59.3 Å². The van der Waals surface area contributed by atoms with Gasteiger partial charge in [0.1, 0.15) is 5.69 Å². The second-order valence-electron chi connectivity index (χ2n) is 3.60. The monoisotopic (exact) mass is 295 g/mol. The van der Waals surface area contributed by atoms with E-state index in [1.807, 2.05) is 6.92 Å². The maximum Gasteiger partial charge on any atom is 0.352 e. The largest absolute Gasteiger partial charge is 0.477 e. The number of halogens is 1. The number of fused-ring (bicyclic) bond motifs is 1. The van der Waals surface area contributed by atoms with E-state index in [1.54, 1.807) is 22.8 Å². The number of hydrogen-bond acceptors (Lipinski definition) is 2. The molecule has 2 rings (SSSR count). The highest BCUT2D eigenvalue weighted by atomic mass is 79.9. The molecule has 0 aliphatic rings. The summed E-state index contributed by atoms with van der Waals surface area (Å²) in [5.41, 5.74) is 0.385. The number of aromatic nitrogens is 1. The summed E-state index contributed by atoms with van der Waals surface area (Å²) in [6, 6.07) is 6.41. The van der Waals surface area contributed by atoms with Gasteiger partial charge in [0, 0.05) is 22.5 Å². The van der Waals surface area contributed by atoms with Crippen molar-refractivity contribution in [2.24, 2.45) is 0 Å². The fourth-order valence-corrected chi connectivity index (χ4v) is 2.23. The summed E-state index contributed by atoms with van der Waals surface area (Å²) < 4.78 is 2.42. The van der Waals surface area contributed by atoms with Crippen molar-refractivity contribution in [2.75, 3.05) is 0 Å². The van der Waals surface area contributed by atoms with E-state index >= 15 is 0 Å². The van der Waals surface area contributed by atoms with Crippen LogP contribution in [-0.2, 0) is 6.54 Å². The van der Waals surface area contributed by atoms with Crippen molar-refractivity contribution in [1.82, 2.24) is 4.57 Å². The van der Waals surface area contributed by atoms with Crippen molar-refractivity contribution >= 4 is 32.8 Å². The van der Waals surface area contributed by atoms with E-state index in [2.05, 4.69) is 15.9 Å². The van der Waals surface area contributed by atoms with E-state index in [9.17, 15) is 9.59 Å². The number of carbonyl (C=O) groups is 1. The molecular weight excluding hydrogens is 286 g/mol. The van der Waals surface area contributed by atoms with Crippen LogP contribution in [0.2, 0.25) is 0 Å². The van der Waals surface area contributed by atoms with Gasteiger partial charge in [0.25, 0.3) is 0 Å². The fourth-order valence-electron chi connectivity index (χ4n) is 1.87. The molecule has 5 heteroatoms. The summed E-state index contributed by atoms with van der Waals surface area (Å²) >= 11 is 3.30. The highest BCUT2D eigenvalue weighted by molar-refractivity contribution is 9.10. The summed E-state index contributed by atoms with van der Waals surface area (Å²) in [4.78, 5) is 22.9. The number of pyridine rings is 1. The lowest BCUT2D eigenvalue weighted by Crippen LogP contribution is -2.17. The second kappa shape index (κ2) is 4.33. The van der Waals surface area contributed by atoms with Crippen LogP contribution in [0, 0.1) is 0 Å². The molecule has 0 aliphatic carbocycles. The van der Waals surface area contributed by atoms with Crippen LogP contribution in [0.3, 0.4) is 0 Å². The zero-order chi connectivity index (χ0) is 12.6. The molecule has 1 aromatic carbocycles. The van der Waals surface area contributed by atoms with E-state index in [0.29, 0.717) is 17.4 Å². The van der Waals surface area contributed by atoms with Crippen LogP contribution in [0.25, 0.3) is 10.9 Å². The van der Waals surface area contributed by atoms with Crippen LogP contribution in [0.4, 0.5) is 0 Å². The number of carboxylic acid groups (broad SMARTS) is 1. The minimum atomic E-state index is -1.09. The summed E-state index contributed by atoms with van der Waals surface area (Å²) in [6.07, 6.45) is 0. The number of benzene rings is 1. The Balaban J connectivity index is 2.96. The van der Waals surface area contributed by atoms with Gasteiger partial charge in [-0.1, -0.05) is 15.9 Å². The zero-order valence-electron chi connectivity index (χ0n) is 9.11. The SMILES string of the molecule is CCn1c(C(=O)O)cc(=O)c2cc(Br)ccc21. The van der Waals surface area contributed by atoms with Crippen LogP contribution in [0.1, 0.15) is 17.4 Å². The average molecular weight is 296 g/mol. The van der Waals surface area contributed by atoms with E-state index in [0.717, 1.165) is 4.47 Å². The number of aromatic carboxylic acids is 1. The molecular formula is C12H10BrNO3. The van der Waals surface area contributed by atoms with Gasteiger partial charge < -0.3 is 9.67 Å². The molecule has 0 unspecified atom stereocenters. The molecule has 0 saturated heterocycles. The maximum absolute atomic E-state index is 11.8. The first-order valence-electron chi connectivity index (χ1n) is 5.11. The lowest BCUT2D eigenvalue weighted by atomic mass is 10.1. The van der Waals surface area contributed by atoms with Crippen LogP contribution in [0.15, 0.2) is 33.5 Å². The van der Waals surface area contributed by atoms with Crippen LogP contribution in [-0.4, -0.2) is 15.6 Å². The smallest absolute Gasteiger partial charge is 0.352 e. The Kier molecular flexibility index (Phi) is 3.02. The van der Waals surface area contributed by atoms with Crippen molar-refractivity contribution in [3.63, 3.8) is 0 Å². The van der Waals surface area contributed by atoms with Crippen molar-refractivity contribution in [1.29, 1.82) is 0 Å². The van der Waals surface area contributed by atoms with Crippen molar-refractivity contribution in [2.45, 2.75) is 13.5 Å². The quantitative estimate of drug-likeness (QED) is 0.926. The van der Waals surface area contributed by atoms with E-state index in [4.69, 9.17) is 5.11 Å². The third-order valence-corrected chi connectivity index (χ3v) is 3.10. The molecule has 17 heavy (non-hydrogen) atoms. The Hall–Kier alpha value is -1.62. The molecule has 1 aromatic heterocycles. The number of aryl methyl sites for hydroxylation is 1. The highest BCUT2D eigenvalue weighted by Crippen LogP contribution is 2.18. The molecule has 2 aromatic rings. The Morgan fingerprint density at radius 3 is 2.71 bits per heavy atom. The highest BCUT2D eigenvalue weighted by Gasteiger charge is 2.13. The number of carboxylic acids is 1. The molecule has 1 heterocycles. The standard InChI is InChI=1S/C12H10BrNO3/c1-2-14-9-4-3-7(13)5-8(9)11(15)6-10(14)12(16)17/h3-6H,2H2,1H3,(H,16,17). The molecule has 1 N–H and O–H groups in total. The van der Waals surface area contributed by atoms with Crippen molar-refractivity contribution in [3.05, 3.63) is 44.7 Å². The van der Waals surface area contributed by atoms with Crippen LogP contribution in [0.5, 0.6) is 0 Å². The summed E-state index contributed by atoms with van der Waals surface area (Å²) in [7, 11) is 0. The number of nitrogens with zero attached hydrogens (tertiary/aromatic N) is 1. The minimum Gasteiger partial charge on any atom is -0.477 e. The minimum absolute atomic E-state index is 0.0207. The van der Waals surface area contributed by atoms with Gasteiger partial charge in [-0.05, 0) is 25.1 Å². The third kappa shape index (κ3) is 1.98. The summed E-state index contributed by atoms with van der Waals surface area (Å²) in [5, 5.41) is 9.59. The van der Waals surface area contributed by atoms with Gasteiger partial charge in [-0.2, -0.15) is 0 Å². The van der Waals surface area contributed by atoms with Crippen molar-refractivity contribution < 1.29 is 9.90 Å². The normalized spacial score (nSPS) is 10.7. The number of rotatable bonds is 2. The molecule has 0 fully saturated rings. The Labute approximate surface area is 106 Å². The summed E-state index contributed by atoms with van der Waals surface area (Å²) in [6.45, 7) is 2.35. The van der Waals surface area contributed by atoms with Gasteiger partial charge in [-0.25, -0.2) is 4.79 Å². The molecule has 0 atom stereocenters. The van der Waals surface area contributed by atoms with E-state index in [1.165, 1.54) is 6.07 Å². The maximum atomic E-state index is 11.8. The van der Waals surface area contributed by atoms with Gasteiger partial charge in [0.05, 0.1) is 5.52 Å². The fraction of sp³-hybridized carbons (Fsp3) is 0.167. The molecule has 0 amide bonds. The molecule has 0 aliphatic heterocycles. The second-order valence-corrected chi connectivity index (χ2v) is 4.52. The summed E-state index contributed by atoms with van der Waals surface area (Å²) in [5.74, 6) is -1.09. The predicted octanol–water partition coefficient (Wildman–Crippen LogP) is 2.48. The van der Waals surface area contributed by atoms with Gasteiger partial charge in [-0.15, -0.1) is 0 Å². The first-order valence-corrected chi connectivity index (χ1v) is 5.90. The van der Waals surface area contributed by atoms with Gasteiger partial charge >= 0.3 is 5.97 Å². The molecule has 0 bridgehead atoms. The lowest BCUT2D eigenvalue weighted by Gasteiger charge is -2.12. The van der Waals surface area contributed by atoms with Gasteiger partial charge in [-0.3, -0.25) is 4.79 Å². The Morgan fingerprint density at radius 2 is 2.12 bits per heavy atom. The average Bonchev–Trinajstić information content (AvgIpc) is 2.29. The van der Waals surface area contributed by atoms with Crippen LogP contribution < -0.4 is 5.43 Å². The molecule has 0 radical (unpaired) electrons. The Bertz CT molecular complexity index is 661. The van der Waals surface area contributed by atoms with Crippen molar-refractivity contribution in [3.8, 4) is 0 Å². The third-order valence-electron chi connectivity index (χ3n) is 2.61. The van der Waals surface area contributed by atoms with Gasteiger partial charge in [0.15, 0.2) is 5.43 Å². The van der Waals surface area contributed by atoms with Gasteiger partial charge in [0.2, 0.25) is 0 Å². The molecule has 88 valence electrons. The number of hydrogen-bond donors (Lipinski definition) is 1. The zero-order valence-corrected chi connectivity index (χ0v) is 10.7. The lowest BCUT2D eigenvalue weighted by molar-refractivity contribution is 0.0685. The predicted molar refractivity (Wildman–Crippen MR) is 68.5 cm³/mol. The Morgan fingerprint density at radius 1 is 1.41 bits per heavy atom. The van der Waals surface area contributed by atoms with E-state index < -0.39 is 5.97 Å². The molecule has 0 saturated carbocycles. The first-order chi connectivity index (χ1) is 8.04. The van der Waals surface area contributed by atoms with Crippen LogP contribution >= 0.6 is 15.9 Å². The first kappa shape index (κ1) is 11.9. The molecule has 0 spiro atoms.